The molecule has 2 aliphatic rings. The Kier molecular flexibility index (Phi) is 2.57. The molecule has 2 saturated carbocycles. The molecule has 0 atom stereocenters. The molecule has 2 N–H and O–H groups in total. The SMILES string of the molecule is CC(C)(C)OC(=O)C1(CN)CC2(CCC2)C1. The maximum atomic E-state index is 12.1. The van der Waals surface area contributed by atoms with Gasteiger partial charge in [-0.25, -0.2) is 0 Å². The van der Waals surface area contributed by atoms with Gasteiger partial charge in [-0.1, -0.05) is 6.42 Å². The predicted molar refractivity (Wildman–Crippen MR) is 62.9 cm³/mol. The molecule has 0 aromatic rings. The largest absolute Gasteiger partial charge is 0.460 e. The van der Waals surface area contributed by atoms with Crippen molar-refractivity contribution in [1.82, 2.24) is 0 Å². The Morgan fingerprint density at radius 3 is 2.19 bits per heavy atom. The minimum atomic E-state index is -0.401. The predicted octanol–water partition coefficient (Wildman–Crippen LogP) is 2.24. The topological polar surface area (TPSA) is 52.3 Å². The summed E-state index contributed by atoms with van der Waals surface area (Å²) in [6.07, 6.45) is 5.76. The standard InChI is InChI=1S/C13H23NO2/c1-11(2,3)16-10(15)13(9-14)7-12(8-13)5-4-6-12/h4-9,14H2,1-3H3. The summed E-state index contributed by atoms with van der Waals surface area (Å²) in [7, 11) is 0. The van der Waals surface area contributed by atoms with Gasteiger partial charge < -0.3 is 10.5 Å². The Morgan fingerprint density at radius 1 is 1.31 bits per heavy atom. The zero-order valence-corrected chi connectivity index (χ0v) is 10.6. The van der Waals surface area contributed by atoms with Gasteiger partial charge in [0, 0.05) is 6.54 Å². The fourth-order valence-electron chi connectivity index (χ4n) is 3.17. The van der Waals surface area contributed by atoms with Gasteiger partial charge in [0.2, 0.25) is 0 Å². The van der Waals surface area contributed by atoms with E-state index in [-0.39, 0.29) is 11.4 Å². The van der Waals surface area contributed by atoms with Crippen LogP contribution >= 0.6 is 0 Å². The maximum Gasteiger partial charge on any atom is 0.313 e. The van der Waals surface area contributed by atoms with E-state index in [1.165, 1.54) is 19.3 Å². The minimum absolute atomic E-state index is 0.0833. The third kappa shape index (κ3) is 1.86. The van der Waals surface area contributed by atoms with Crippen molar-refractivity contribution in [3.05, 3.63) is 0 Å². The van der Waals surface area contributed by atoms with Crippen LogP contribution in [0.4, 0.5) is 0 Å². The van der Waals surface area contributed by atoms with Crippen LogP contribution in [0.5, 0.6) is 0 Å². The molecule has 0 saturated heterocycles. The van der Waals surface area contributed by atoms with E-state index in [0.717, 1.165) is 12.8 Å². The Balaban J connectivity index is 1.98. The summed E-state index contributed by atoms with van der Waals surface area (Å²) in [6, 6.07) is 0. The van der Waals surface area contributed by atoms with Crippen molar-refractivity contribution in [2.45, 2.75) is 58.5 Å². The van der Waals surface area contributed by atoms with E-state index in [0.29, 0.717) is 12.0 Å². The fourth-order valence-corrected chi connectivity index (χ4v) is 3.17. The number of esters is 1. The molecule has 0 bridgehead atoms. The summed E-state index contributed by atoms with van der Waals surface area (Å²) in [5, 5.41) is 0. The lowest BCUT2D eigenvalue weighted by Crippen LogP contribution is -2.59. The number of carbonyl (C=O) groups is 1. The molecule has 0 unspecified atom stereocenters. The van der Waals surface area contributed by atoms with Gasteiger partial charge in [-0.2, -0.15) is 0 Å². The summed E-state index contributed by atoms with van der Waals surface area (Å²) >= 11 is 0. The summed E-state index contributed by atoms with van der Waals surface area (Å²) in [5.41, 5.74) is 5.47. The van der Waals surface area contributed by atoms with Crippen molar-refractivity contribution < 1.29 is 9.53 Å². The highest BCUT2D eigenvalue weighted by Gasteiger charge is 2.61. The van der Waals surface area contributed by atoms with E-state index >= 15 is 0 Å². The van der Waals surface area contributed by atoms with Crippen LogP contribution in [0.15, 0.2) is 0 Å². The van der Waals surface area contributed by atoms with Crippen molar-refractivity contribution in [2.75, 3.05) is 6.54 Å². The van der Waals surface area contributed by atoms with Crippen LogP contribution in [-0.2, 0) is 9.53 Å². The van der Waals surface area contributed by atoms with Gasteiger partial charge in [0.15, 0.2) is 0 Å². The number of nitrogens with two attached hydrogens (primary N) is 1. The van der Waals surface area contributed by atoms with E-state index in [1.807, 2.05) is 20.8 Å². The lowest BCUT2D eigenvalue weighted by molar-refractivity contribution is -0.190. The van der Waals surface area contributed by atoms with Crippen LogP contribution < -0.4 is 5.73 Å². The first-order valence-electron chi connectivity index (χ1n) is 6.25. The quantitative estimate of drug-likeness (QED) is 0.733. The number of ether oxygens (including phenoxy) is 1. The number of rotatable bonds is 2. The van der Waals surface area contributed by atoms with Crippen molar-refractivity contribution in [1.29, 1.82) is 0 Å². The number of hydrogen-bond acceptors (Lipinski definition) is 3. The molecule has 0 heterocycles. The Labute approximate surface area is 97.7 Å². The fraction of sp³-hybridized carbons (Fsp3) is 0.923. The van der Waals surface area contributed by atoms with Gasteiger partial charge in [0.05, 0.1) is 5.41 Å². The molecule has 0 aromatic heterocycles. The lowest BCUT2D eigenvalue weighted by atomic mass is 9.45. The first-order valence-corrected chi connectivity index (χ1v) is 6.25. The molecular formula is C13H23NO2. The van der Waals surface area contributed by atoms with E-state index < -0.39 is 5.60 Å². The molecule has 92 valence electrons. The van der Waals surface area contributed by atoms with E-state index in [1.54, 1.807) is 0 Å². The molecule has 3 nitrogen and oxygen atoms in total. The minimum Gasteiger partial charge on any atom is -0.460 e. The first kappa shape index (κ1) is 11.9. The Bertz CT molecular complexity index is 292. The van der Waals surface area contributed by atoms with Gasteiger partial charge >= 0.3 is 5.97 Å². The van der Waals surface area contributed by atoms with Gasteiger partial charge in [0.25, 0.3) is 0 Å². The summed E-state index contributed by atoms with van der Waals surface area (Å²) in [5.74, 6) is -0.0833. The second-order valence-electron chi connectivity index (χ2n) is 6.69. The van der Waals surface area contributed by atoms with Crippen molar-refractivity contribution in [3.63, 3.8) is 0 Å². The van der Waals surface area contributed by atoms with Crippen LogP contribution in [0.2, 0.25) is 0 Å². The van der Waals surface area contributed by atoms with Gasteiger partial charge in [-0.3, -0.25) is 4.79 Å². The molecule has 0 amide bonds. The summed E-state index contributed by atoms with van der Waals surface area (Å²) < 4.78 is 5.48. The highest BCUT2D eigenvalue weighted by molar-refractivity contribution is 5.79. The first-order chi connectivity index (χ1) is 7.31. The highest BCUT2D eigenvalue weighted by Crippen LogP contribution is 2.64. The lowest BCUT2D eigenvalue weighted by Gasteiger charge is -2.59. The molecule has 0 radical (unpaired) electrons. The molecule has 3 heteroatoms. The molecule has 16 heavy (non-hydrogen) atoms. The van der Waals surface area contributed by atoms with Crippen molar-refractivity contribution >= 4 is 5.97 Å². The van der Waals surface area contributed by atoms with E-state index in [2.05, 4.69) is 0 Å². The average Bonchev–Trinajstić information content (AvgIpc) is 1.96. The zero-order chi connectivity index (χ0) is 12.0. The van der Waals surface area contributed by atoms with Gasteiger partial charge in [0.1, 0.15) is 5.60 Å². The molecule has 2 fully saturated rings. The van der Waals surface area contributed by atoms with E-state index in [4.69, 9.17) is 10.5 Å². The van der Waals surface area contributed by atoms with Crippen LogP contribution in [0.3, 0.4) is 0 Å². The van der Waals surface area contributed by atoms with Crippen LogP contribution in [0, 0.1) is 10.8 Å². The van der Waals surface area contributed by atoms with Gasteiger partial charge in [-0.15, -0.1) is 0 Å². The molecule has 2 aliphatic carbocycles. The van der Waals surface area contributed by atoms with Crippen LogP contribution in [0.1, 0.15) is 52.9 Å². The molecule has 0 aliphatic heterocycles. The molecule has 0 aromatic carbocycles. The summed E-state index contributed by atoms with van der Waals surface area (Å²) in [4.78, 5) is 12.1. The Hall–Kier alpha value is -0.570. The second-order valence-corrected chi connectivity index (χ2v) is 6.69. The van der Waals surface area contributed by atoms with Crippen LogP contribution in [-0.4, -0.2) is 18.1 Å². The molecular weight excluding hydrogens is 202 g/mol. The zero-order valence-electron chi connectivity index (χ0n) is 10.6. The highest BCUT2D eigenvalue weighted by atomic mass is 16.6. The van der Waals surface area contributed by atoms with E-state index in [9.17, 15) is 4.79 Å². The van der Waals surface area contributed by atoms with Gasteiger partial charge in [-0.05, 0) is 51.9 Å². The maximum absolute atomic E-state index is 12.1. The second kappa shape index (κ2) is 3.46. The smallest absolute Gasteiger partial charge is 0.313 e. The Morgan fingerprint density at radius 2 is 1.88 bits per heavy atom. The monoisotopic (exact) mass is 225 g/mol. The molecule has 1 spiro atoms. The summed E-state index contributed by atoms with van der Waals surface area (Å²) in [6.45, 7) is 6.16. The third-order valence-corrected chi connectivity index (χ3v) is 4.06. The number of hydrogen-bond donors (Lipinski definition) is 1. The van der Waals surface area contributed by atoms with Crippen molar-refractivity contribution in [3.8, 4) is 0 Å². The van der Waals surface area contributed by atoms with Crippen LogP contribution in [0.25, 0.3) is 0 Å². The number of carbonyl (C=O) groups excluding carboxylic acids is 1. The molecule has 2 rings (SSSR count). The average molecular weight is 225 g/mol. The van der Waals surface area contributed by atoms with Crippen molar-refractivity contribution in [2.24, 2.45) is 16.6 Å². The third-order valence-electron chi connectivity index (χ3n) is 4.06. The normalized spacial score (nSPS) is 25.8.